The van der Waals surface area contributed by atoms with E-state index in [4.69, 9.17) is 5.26 Å². The molecule has 2 nitrogen and oxygen atoms in total. The van der Waals surface area contributed by atoms with Gasteiger partial charge in [-0.3, -0.25) is 0 Å². The van der Waals surface area contributed by atoms with Crippen molar-refractivity contribution in [3.8, 4) is 6.07 Å². The molecule has 0 saturated heterocycles. The van der Waals surface area contributed by atoms with Crippen molar-refractivity contribution in [2.75, 3.05) is 0 Å². The molecule has 0 spiro atoms. The van der Waals surface area contributed by atoms with E-state index < -0.39 is 11.0 Å². The van der Waals surface area contributed by atoms with E-state index in [1.54, 1.807) is 0 Å². The Kier molecular flexibility index (Phi) is 2.98. The second kappa shape index (κ2) is 3.67. The highest BCUT2D eigenvalue weighted by atomic mass is 16.3. The van der Waals surface area contributed by atoms with Gasteiger partial charge in [0.15, 0.2) is 0 Å². The molecule has 1 aliphatic carbocycles. The average molecular weight is 181 g/mol. The lowest BCUT2D eigenvalue weighted by atomic mass is 9.70. The maximum absolute atomic E-state index is 10.2. The smallest absolute Gasteiger partial charge is 0.0857 e. The Bertz CT molecular complexity index is 209. The normalized spacial score (nSPS) is 25.1. The van der Waals surface area contributed by atoms with Crippen LogP contribution in [-0.2, 0) is 0 Å². The molecule has 0 aromatic carbocycles. The fraction of sp³-hybridized carbons (Fsp3) is 0.909. The molecule has 74 valence electrons. The second-order valence-corrected chi connectivity index (χ2v) is 4.42. The van der Waals surface area contributed by atoms with Crippen molar-refractivity contribution < 1.29 is 5.11 Å². The molecule has 0 radical (unpaired) electrons. The number of hydrogen-bond acceptors (Lipinski definition) is 2. The maximum Gasteiger partial charge on any atom is 0.0857 e. The lowest BCUT2D eigenvalue weighted by molar-refractivity contribution is -0.0437. The highest BCUT2D eigenvalue weighted by molar-refractivity contribution is 5.11. The first kappa shape index (κ1) is 10.5. The molecule has 1 atom stereocenters. The predicted octanol–water partition coefficient (Wildman–Crippen LogP) is 2.62. The monoisotopic (exact) mass is 181 g/mol. The molecular formula is C11H19NO. The summed E-state index contributed by atoms with van der Waals surface area (Å²) >= 11 is 0. The van der Waals surface area contributed by atoms with Crippen LogP contribution in [0.5, 0.6) is 0 Å². The molecule has 1 fully saturated rings. The van der Waals surface area contributed by atoms with E-state index in [-0.39, 0.29) is 0 Å². The van der Waals surface area contributed by atoms with Crippen LogP contribution in [0.15, 0.2) is 0 Å². The molecule has 0 bridgehead atoms. The molecule has 2 heteroatoms. The molecular weight excluding hydrogens is 162 g/mol. The van der Waals surface area contributed by atoms with E-state index in [2.05, 4.69) is 13.0 Å². The molecule has 0 aromatic rings. The quantitative estimate of drug-likeness (QED) is 0.727. The highest BCUT2D eigenvalue weighted by Gasteiger charge is 2.48. The van der Waals surface area contributed by atoms with E-state index in [1.807, 2.05) is 6.92 Å². The van der Waals surface area contributed by atoms with Crippen LogP contribution in [0.1, 0.15) is 52.4 Å². The summed E-state index contributed by atoms with van der Waals surface area (Å²) in [7, 11) is 0. The molecule has 1 N–H and O–H groups in total. The summed E-state index contributed by atoms with van der Waals surface area (Å²) in [5, 5.41) is 19.4. The number of aliphatic hydroxyl groups is 1. The van der Waals surface area contributed by atoms with Gasteiger partial charge in [-0.25, -0.2) is 0 Å². The summed E-state index contributed by atoms with van der Waals surface area (Å²) in [5.74, 6) is 0. The van der Waals surface area contributed by atoms with Crippen molar-refractivity contribution in [1.29, 1.82) is 5.26 Å². The van der Waals surface area contributed by atoms with Crippen LogP contribution in [0, 0.1) is 16.7 Å². The molecule has 0 heterocycles. The van der Waals surface area contributed by atoms with Gasteiger partial charge in [0.1, 0.15) is 0 Å². The van der Waals surface area contributed by atoms with Crippen LogP contribution in [0.25, 0.3) is 0 Å². The lowest BCUT2D eigenvalue weighted by Crippen LogP contribution is -2.43. The van der Waals surface area contributed by atoms with Gasteiger partial charge in [0.2, 0.25) is 0 Å². The highest BCUT2D eigenvalue weighted by Crippen LogP contribution is 2.47. The average Bonchev–Trinajstić information content (AvgIpc) is 2.53. The van der Waals surface area contributed by atoms with Crippen molar-refractivity contribution in [2.24, 2.45) is 5.41 Å². The molecule has 13 heavy (non-hydrogen) atoms. The van der Waals surface area contributed by atoms with Gasteiger partial charge < -0.3 is 5.11 Å². The predicted molar refractivity (Wildman–Crippen MR) is 52.0 cm³/mol. The van der Waals surface area contributed by atoms with Gasteiger partial charge in [0.25, 0.3) is 0 Å². The fourth-order valence-corrected chi connectivity index (χ4v) is 2.48. The van der Waals surface area contributed by atoms with E-state index in [0.717, 1.165) is 38.5 Å². The van der Waals surface area contributed by atoms with Crippen molar-refractivity contribution in [1.82, 2.24) is 0 Å². The second-order valence-electron chi connectivity index (χ2n) is 4.42. The minimum Gasteiger partial charge on any atom is -0.389 e. The zero-order valence-electron chi connectivity index (χ0n) is 8.64. The minimum atomic E-state index is -0.785. The molecule has 1 rings (SSSR count). The van der Waals surface area contributed by atoms with Gasteiger partial charge in [-0.1, -0.05) is 26.2 Å². The van der Waals surface area contributed by atoms with Crippen LogP contribution in [0.2, 0.25) is 0 Å². The first-order valence-corrected chi connectivity index (χ1v) is 5.21. The summed E-state index contributed by atoms with van der Waals surface area (Å²) < 4.78 is 0. The van der Waals surface area contributed by atoms with Crippen LogP contribution < -0.4 is 0 Å². The van der Waals surface area contributed by atoms with E-state index >= 15 is 0 Å². The zero-order valence-corrected chi connectivity index (χ0v) is 8.64. The summed E-state index contributed by atoms with van der Waals surface area (Å²) in [6, 6.07) is 2.35. The fourth-order valence-electron chi connectivity index (χ4n) is 2.48. The van der Waals surface area contributed by atoms with E-state index in [0.29, 0.717) is 0 Å². The standard InChI is InChI=1S/C11H19NO/c1-3-6-10(2,13)11(9-12)7-4-5-8-11/h13H,3-8H2,1-2H3. The molecule has 1 unspecified atom stereocenters. The van der Waals surface area contributed by atoms with Gasteiger partial charge in [0, 0.05) is 0 Å². The summed E-state index contributed by atoms with van der Waals surface area (Å²) in [5.41, 5.74) is -1.24. The first-order valence-electron chi connectivity index (χ1n) is 5.21. The van der Waals surface area contributed by atoms with Crippen molar-refractivity contribution in [3.63, 3.8) is 0 Å². The Labute approximate surface area is 80.6 Å². The molecule has 1 saturated carbocycles. The third-order valence-corrected chi connectivity index (χ3v) is 3.44. The Hall–Kier alpha value is -0.550. The zero-order chi connectivity index (χ0) is 9.95. The van der Waals surface area contributed by atoms with Gasteiger partial charge in [0.05, 0.1) is 17.1 Å². The van der Waals surface area contributed by atoms with Crippen LogP contribution >= 0.6 is 0 Å². The molecule has 0 amide bonds. The summed E-state index contributed by atoms with van der Waals surface area (Å²) in [6.07, 6.45) is 5.60. The van der Waals surface area contributed by atoms with Gasteiger partial charge in [-0.05, 0) is 26.2 Å². The van der Waals surface area contributed by atoms with Gasteiger partial charge >= 0.3 is 0 Å². The molecule has 1 aliphatic rings. The largest absolute Gasteiger partial charge is 0.389 e. The van der Waals surface area contributed by atoms with E-state index in [1.165, 1.54) is 0 Å². The third-order valence-electron chi connectivity index (χ3n) is 3.44. The number of nitrogens with zero attached hydrogens (tertiary/aromatic N) is 1. The minimum absolute atomic E-state index is 0.455. The molecule has 0 aliphatic heterocycles. The number of hydrogen-bond donors (Lipinski definition) is 1. The van der Waals surface area contributed by atoms with Crippen molar-refractivity contribution >= 4 is 0 Å². The van der Waals surface area contributed by atoms with Crippen LogP contribution in [0.3, 0.4) is 0 Å². The Morgan fingerprint density at radius 2 is 2.00 bits per heavy atom. The van der Waals surface area contributed by atoms with Gasteiger partial charge in [-0.15, -0.1) is 0 Å². The summed E-state index contributed by atoms with van der Waals surface area (Å²) in [6.45, 7) is 3.87. The van der Waals surface area contributed by atoms with Gasteiger partial charge in [-0.2, -0.15) is 5.26 Å². The maximum atomic E-state index is 10.2. The Morgan fingerprint density at radius 3 is 2.38 bits per heavy atom. The number of rotatable bonds is 3. The molecule has 0 aromatic heterocycles. The number of nitriles is 1. The van der Waals surface area contributed by atoms with E-state index in [9.17, 15) is 5.11 Å². The Morgan fingerprint density at radius 1 is 1.46 bits per heavy atom. The SMILES string of the molecule is CCCC(C)(O)C1(C#N)CCCC1. The van der Waals surface area contributed by atoms with Crippen LogP contribution in [-0.4, -0.2) is 10.7 Å². The Balaban J connectivity index is 2.81. The summed E-state index contributed by atoms with van der Waals surface area (Å²) in [4.78, 5) is 0. The van der Waals surface area contributed by atoms with Crippen molar-refractivity contribution in [3.05, 3.63) is 0 Å². The lowest BCUT2D eigenvalue weighted by Gasteiger charge is -2.37. The van der Waals surface area contributed by atoms with Crippen LogP contribution in [0.4, 0.5) is 0 Å². The third kappa shape index (κ3) is 1.71. The first-order chi connectivity index (χ1) is 6.08. The topological polar surface area (TPSA) is 44.0 Å². The van der Waals surface area contributed by atoms with Crippen molar-refractivity contribution in [2.45, 2.75) is 58.0 Å².